The molecule has 0 saturated heterocycles. The molecule has 0 aliphatic carbocycles. The fraction of sp³-hybridized carbons (Fsp3) is 0.442. The van der Waals surface area contributed by atoms with Gasteiger partial charge in [0, 0.05) is 0 Å². The fourth-order valence-electron chi connectivity index (χ4n) is 7.05. The van der Waals surface area contributed by atoms with Gasteiger partial charge in [-0.05, 0) is 142 Å². The van der Waals surface area contributed by atoms with Crippen LogP contribution >= 0.6 is 0 Å². The van der Waals surface area contributed by atoms with Crippen LogP contribution < -0.4 is 4.74 Å². The van der Waals surface area contributed by atoms with Crippen molar-refractivity contribution in [3.05, 3.63) is 110 Å². The van der Waals surface area contributed by atoms with Crippen LogP contribution in [0.3, 0.4) is 0 Å². The summed E-state index contributed by atoms with van der Waals surface area (Å²) in [5.74, 6) is 0.233. The number of alkyl halides is 2. The Bertz CT molecular complexity index is 1560. The molecular weight excluding hydrogens is 570 g/mol. The minimum Gasteiger partial charge on any atom is -0.429 e. The van der Waals surface area contributed by atoms with Gasteiger partial charge in [-0.3, -0.25) is 0 Å². The molecule has 4 aromatic rings. The van der Waals surface area contributed by atoms with Crippen LogP contribution in [0, 0.1) is 0 Å². The van der Waals surface area contributed by atoms with Gasteiger partial charge in [0.05, 0.1) is 5.56 Å². The van der Waals surface area contributed by atoms with Crippen molar-refractivity contribution in [2.75, 3.05) is 0 Å². The summed E-state index contributed by atoms with van der Waals surface area (Å²) in [5, 5.41) is 0. The number of benzene rings is 4. The van der Waals surface area contributed by atoms with E-state index in [0.29, 0.717) is 24.0 Å². The molecule has 0 fully saturated rings. The lowest BCUT2D eigenvalue weighted by atomic mass is 9.82. The molecular formula is C43H54F2O. The van der Waals surface area contributed by atoms with Crippen molar-refractivity contribution in [3.8, 4) is 28.0 Å². The van der Waals surface area contributed by atoms with Crippen LogP contribution in [0.5, 0.6) is 5.75 Å². The molecule has 0 amide bonds. The average molecular weight is 625 g/mol. The molecule has 46 heavy (non-hydrogen) atoms. The van der Waals surface area contributed by atoms with Gasteiger partial charge >= 0.3 is 6.11 Å². The summed E-state index contributed by atoms with van der Waals surface area (Å²) in [7, 11) is 0. The normalized spacial score (nSPS) is 11.7. The average Bonchev–Trinajstić information content (AvgIpc) is 3.08. The Morgan fingerprint density at radius 1 is 0.413 bits per heavy atom. The molecule has 0 N–H and O–H groups in total. The molecule has 0 bridgehead atoms. The third-order valence-corrected chi connectivity index (χ3v) is 9.62. The molecule has 1 nitrogen and oxygen atoms in total. The van der Waals surface area contributed by atoms with Gasteiger partial charge in [-0.2, -0.15) is 8.78 Å². The van der Waals surface area contributed by atoms with E-state index in [1.54, 1.807) is 12.1 Å². The number of halogens is 2. The highest BCUT2D eigenvalue weighted by atomic mass is 19.3. The number of hydrogen-bond donors (Lipinski definition) is 0. The van der Waals surface area contributed by atoms with Crippen molar-refractivity contribution in [3.63, 3.8) is 0 Å². The molecule has 0 heterocycles. The monoisotopic (exact) mass is 624 g/mol. The molecule has 0 unspecified atom stereocenters. The SMILES string of the molecule is CCc1cc(CC)cc(OC(F)(F)c2c(CC)cc(-c3c(CC)cc(-c4c(CC)cc(CC)cc4CC)cc3CC)cc2CC)c1. The first kappa shape index (κ1) is 35.4. The van der Waals surface area contributed by atoms with Crippen LogP contribution in [0.1, 0.15) is 118 Å². The molecule has 246 valence electrons. The quantitative estimate of drug-likeness (QED) is 0.136. The fourth-order valence-corrected chi connectivity index (χ4v) is 7.05. The first-order valence-electron chi connectivity index (χ1n) is 17.8. The maximum Gasteiger partial charge on any atom is 0.427 e. The Morgan fingerprint density at radius 3 is 1.09 bits per heavy atom. The minimum atomic E-state index is -3.45. The molecule has 0 saturated carbocycles. The van der Waals surface area contributed by atoms with Gasteiger partial charge < -0.3 is 4.74 Å². The second-order valence-electron chi connectivity index (χ2n) is 12.4. The van der Waals surface area contributed by atoms with E-state index in [-0.39, 0.29) is 11.3 Å². The van der Waals surface area contributed by atoms with E-state index in [1.165, 1.54) is 44.5 Å². The van der Waals surface area contributed by atoms with E-state index < -0.39 is 6.11 Å². The van der Waals surface area contributed by atoms with Crippen molar-refractivity contribution in [1.82, 2.24) is 0 Å². The van der Waals surface area contributed by atoms with E-state index in [4.69, 9.17) is 4.74 Å². The first-order valence-corrected chi connectivity index (χ1v) is 17.8. The topological polar surface area (TPSA) is 9.23 Å². The second-order valence-corrected chi connectivity index (χ2v) is 12.4. The van der Waals surface area contributed by atoms with Crippen LogP contribution in [0.15, 0.2) is 54.6 Å². The molecule has 0 atom stereocenters. The molecule has 0 aliphatic heterocycles. The van der Waals surface area contributed by atoms with Crippen LogP contribution in [-0.2, 0) is 63.9 Å². The Kier molecular flexibility index (Phi) is 11.9. The molecule has 3 heteroatoms. The number of ether oxygens (including phenoxy) is 1. The van der Waals surface area contributed by atoms with Gasteiger partial charge in [0.2, 0.25) is 0 Å². The van der Waals surface area contributed by atoms with E-state index in [2.05, 4.69) is 65.0 Å². The Balaban J connectivity index is 1.89. The maximum atomic E-state index is 16.2. The van der Waals surface area contributed by atoms with Crippen molar-refractivity contribution >= 4 is 0 Å². The molecule has 4 rings (SSSR count). The molecule has 0 aromatic heterocycles. The van der Waals surface area contributed by atoms with Crippen molar-refractivity contribution in [2.45, 2.75) is 126 Å². The lowest BCUT2D eigenvalue weighted by Gasteiger charge is -2.26. The predicted octanol–water partition coefficient (Wildman–Crippen LogP) is 12.2. The van der Waals surface area contributed by atoms with E-state index in [1.807, 2.05) is 39.8 Å². The number of rotatable bonds is 14. The van der Waals surface area contributed by atoms with Gasteiger partial charge in [-0.25, -0.2) is 0 Å². The van der Waals surface area contributed by atoms with E-state index in [0.717, 1.165) is 61.6 Å². The van der Waals surface area contributed by atoms with Crippen LogP contribution in [-0.4, -0.2) is 0 Å². The third kappa shape index (κ3) is 7.24. The molecule has 0 spiro atoms. The summed E-state index contributed by atoms with van der Waals surface area (Å²) in [6.45, 7) is 19.1. The standard InChI is InChI=1S/C43H54F2O/c1-10-28-19-29(11-2)23-39(22-28)46-43(44,45)42-35(17-8)26-38(27-36(42)18-9)41-33(15-6)24-37(25-34(41)16-7)40-31(13-4)20-30(12-3)21-32(40)14-5/h19-27H,10-18H2,1-9H3. The zero-order chi connectivity index (χ0) is 33.6. The lowest BCUT2D eigenvalue weighted by molar-refractivity contribution is -0.186. The van der Waals surface area contributed by atoms with Crippen molar-refractivity contribution in [2.24, 2.45) is 0 Å². The van der Waals surface area contributed by atoms with Crippen molar-refractivity contribution in [1.29, 1.82) is 0 Å². The first-order chi connectivity index (χ1) is 22.1. The molecule has 0 radical (unpaired) electrons. The summed E-state index contributed by atoms with van der Waals surface area (Å²) in [5.41, 5.74) is 14.9. The molecule has 4 aromatic carbocycles. The zero-order valence-corrected chi connectivity index (χ0v) is 29.7. The lowest BCUT2D eigenvalue weighted by Crippen LogP contribution is -2.26. The number of aryl methyl sites for hydroxylation is 9. The van der Waals surface area contributed by atoms with Crippen LogP contribution in [0.25, 0.3) is 22.3 Å². The Hall–Kier alpha value is -3.46. The van der Waals surface area contributed by atoms with Gasteiger partial charge in [-0.15, -0.1) is 0 Å². The zero-order valence-electron chi connectivity index (χ0n) is 29.7. The number of hydrogen-bond acceptors (Lipinski definition) is 1. The highest BCUT2D eigenvalue weighted by molar-refractivity contribution is 5.81. The van der Waals surface area contributed by atoms with Crippen molar-refractivity contribution < 1.29 is 13.5 Å². The largest absolute Gasteiger partial charge is 0.429 e. The van der Waals surface area contributed by atoms with Crippen LogP contribution in [0.2, 0.25) is 0 Å². The van der Waals surface area contributed by atoms with Gasteiger partial charge in [0.15, 0.2) is 0 Å². The Morgan fingerprint density at radius 2 is 0.739 bits per heavy atom. The summed E-state index contributed by atoms with van der Waals surface area (Å²) in [6, 6.07) is 19.1. The van der Waals surface area contributed by atoms with Gasteiger partial charge in [-0.1, -0.05) is 105 Å². The van der Waals surface area contributed by atoms with Gasteiger partial charge in [0.25, 0.3) is 0 Å². The molecule has 0 aliphatic rings. The van der Waals surface area contributed by atoms with Crippen LogP contribution in [0.4, 0.5) is 8.78 Å². The Labute approximate surface area is 277 Å². The second kappa shape index (κ2) is 15.4. The smallest absolute Gasteiger partial charge is 0.427 e. The highest BCUT2D eigenvalue weighted by Gasteiger charge is 2.39. The summed E-state index contributed by atoms with van der Waals surface area (Å²) >= 11 is 0. The van der Waals surface area contributed by atoms with E-state index >= 15 is 8.78 Å². The third-order valence-electron chi connectivity index (χ3n) is 9.62. The maximum absolute atomic E-state index is 16.2. The minimum absolute atomic E-state index is 0.0186. The summed E-state index contributed by atoms with van der Waals surface area (Å²) in [6.07, 6.45) is 3.82. The van der Waals surface area contributed by atoms with Gasteiger partial charge in [0.1, 0.15) is 5.75 Å². The summed E-state index contributed by atoms with van der Waals surface area (Å²) < 4.78 is 38.1. The van der Waals surface area contributed by atoms with E-state index in [9.17, 15) is 0 Å². The summed E-state index contributed by atoms with van der Waals surface area (Å²) in [4.78, 5) is 0. The predicted molar refractivity (Wildman–Crippen MR) is 193 cm³/mol. The highest BCUT2D eigenvalue weighted by Crippen LogP contribution is 2.42.